The summed E-state index contributed by atoms with van der Waals surface area (Å²) in [7, 11) is -3.40. The number of nitrogens with two attached hydrogens (primary N) is 1. The van der Waals surface area contributed by atoms with Crippen molar-refractivity contribution in [2.45, 2.75) is 6.18 Å². The zero-order valence-electron chi connectivity index (χ0n) is 8.44. The Bertz CT molecular complexity index is 386. The predicted octanol–water partition coefficient (Wildman–Crippen LogP) is -0.359. The molecule has 1 heterocycles. The van der Waals surface area contributed by atoms with E-state index in [9.17, 15) is 21.6 Å². The fourth-order valence-corrected chi connectivity index (χ4v) is 1.11. The number of sulfonamides is 1. The number of primary sulfonamides is 1. The molecule has 4 N–H and O–H groups in total. The molecule has 0 amide bonds. The Morgan fingerprint density at radius 3 is 2.00 bits per heavy atom. The van der Waals surface area contributed by atoms with E-state index in [4.69, 9.17) is 15.0 Å². The molecule has 10 heteroatoms. The van der Waals surface area contributed by atoms with Gasteiger partial charge in [0.05, 0.1) is 0 Å². The van der Waals surface area contributed by atoms with Gasteiger partial charge in [-0.25, -0.2) is 18.4 Å². The van der Waals surface area contributed by atoms with Crippen LogP contribution in [-0.2, 0) is 14.8 Å². The molecule has 0 spiro atoms. The fourth-order valence-electron chi connectivity index (χ4n) is 0.668. The Kier molecular flexibility index (Phi) is 5.58. The Labute approximate surface area is 95.3 Å². The van der Waals surface area contributed by atoms with E-state index in [-0.39, 0.29) is 0 Å². The average Bonchev–Trinajstić information content (AvgIpc) is 1.97. The van der Waals surface area contributed by atoms with Crippen LogP contribution in [0.15, 0.2) is 11.5 Å². The molecule has 0 bridgehead atoms. The van der Waals surface area contributed by atoms with Crippen molar-refractivity contribution in [2.24, 2.45) is 11.1 Å². The Morgan fingerprint density at radius 2 is 1.82 bits per heavy atom. The smallest absolute Gasteiger partial charge is 0.475 e. The average molecular weight is 276 g/mol. The van der Waals surface area contributed by atoms with E-state index >= 15 is 0 Å². The number of aliphatic carboxylic acids is 1. The normalized spacial score (nSPS) is 17.2. The van der Waals surface area contributed by atoms with Crippen LogP contribution in [0.2, 0.25) is 0 Å². The number of alkyl halides is 3. The molecule has 0 saturated carbocycles. The summed E-state index contributed by atoms with van der Waals surface area (Å²) in [6.07, 6.45) is -3.47. The third-order valence-electron chi connectivity index (χ3n) is 1.60. The van der Waals surface area contributed by atoms with Crippen molar-refractivity contribution in [1.29, 1.82) is 0 Å². The molecule has 6 nitrogen and oxygen atoms in total. The molecule has 0 unspecified atom stereocenters. The first-order valence-electron chi connectivity index (χ1n) is 4.24. The van der Waals surface area contributed by atoms with Crippen LogP contribution in [0.25, 0.3) is 0 Å². The minimum Gasteiger partial charge on any atom is -0.475 e. The summed E-state index contributed by atoms with van der Waals surface area (Å²) in [5.41, 5.74) is 0. The quantitative estimate of drug-likeness (QED) is 0.638. The summed E-state index contributed by atoms with van der Waals surface area (Å²) >= 11 is 0. The van der Waals surface area contributed by atoms with Crippen LogP contribution in [0, 0.1) is 5.92 Å². The van der Waals surface area contributed by atoms with E-state index in [0.29, 0.717) is 5.92 Å². The summed E-state index contributed by atoms with van der Waals surface area (Å²) < 4.78 is 52.4. The highest BCUT2D eigenvalue weighted by Crippen LogP contribution is 2.13. The number of carboxylic acids is 1. The van der Waals surface area contributed by atoms with Gasteiger partial charge in [-0.3, -0.25) is 0 Å². The van der Waals surface area contributed by atoms with Gasteiger partial charge in [0, 0.05) is 24.4 Å². The van der Waals surface area contributed by atoms with Crippen LogP contribution in [-0.4, -0.2) is 38.8 Å². The highest BCUT2D eigenvalue weighted by Gasteiger charge is 2.38. The van der Waals surface area contributed by atoms with Crippen molar-refractivity contribution in [1.82, 2.24) is 5.32 Å². The maximum atomic E-state index is 10.6. The van der Waals surface area contributed by atoms with Gasteiger partial charge in [-0.05, 0) is 0 Å². The molecule has 1 aliphatic heterocycles. The standard InChI is InChI=1S/C5H10N2O2S.C2HF3O2/c6-10(8,9)2-1-5-3-7-4-5;3-2(4,5)1(6)7/h1-2,5,7H,3-4H2,(H2,6,8,9);(H,6,7)/b2-1+;. The lowest BCUT2D eigenvalue weighted by Crippen LogP contribution is -2.40. The van der Waals surface area contributed by atoms with E-state index in [1.54, 1.807) is 6.08 Å². The predicted molar refractivity (Wildman–Crippen MR) is 52.3 cm³/mol. The van der Waals surface area contributed by atoms with E-state index < -0.39 is 22.2 Å². The second-order valence-corrected chi connectivity index (χ2v) is 4.59. The Hall–Kier alpha value is -1.13. The molecule has 0 aliphatic carbocycles. The van der Waals surface area contributed by atoms with Crippen molar-refractivity contribution >= 4 is 16.0 Å². The topological polar surface area (TPSA) is 109 Å². The van der Waals surface area contributed by atoms with Gasteiger partial charge < -0.3 is 10.4 Å². The van der Waals surface area contributed by atoms with E-state index in [1.807, 2.05) is 0 Å². The molecule has 1 rings (SSSR count). The van der Waals surface area contributed by atoms with Crippen LogP contribution in [0.5, 0.6) is 0 Å². The SMILES string of the molecule is NS(=O)(=O)/C=C/C1CNC1.O=C(O)C(F)(F)F. The first kappa shape index (κ1) is 15.9. The maximum Gasteiger partial charge on any atom is 0.490 e. The van der Waals surface area contributed by atoms with Crippen LogP contribution in [0.1, 0.15) is 0 Å². The monoisotopic (exact) mass is 276 g/mol. The minimum absolute atomic E-state index is 0.346. The van der Waals surface area contributed by atoms with Crippen molar-refractivity contribution in [2.75, 3.05) is 13.1 Å². The first-order chi connectivity index (χ1) is 7.52. The molecular weight excluding hydrogens is 265 g/mol. The maximum absolute atomic E-state index is 10.6. The number of hydrogen-bond acceptors (Lipinski definition) is 4. The number of halogens is 3. The minimum atomic E-state index is -5.08. The molecule has 17 heavy (non-hydrogen) atoms. The zero-order chi connectivity index (χ0) is 13.7. The number of carbonyl (C=O) groups is 1. The van der Waals surface area contributed by atoms with Crippen molar-refractivity contribution in [3.63, 3.8) is 0 Å². The van der Waals surface area contributed by atoms with Gasteiger partial charge in [0.15, 0.2) is 0 Å². The summed E-state index contributed by atoms with van der Waals surface area (Å²) in [6.45, 7) is 1.71. The first-order valence-corrected chi connectivity index (χ1v) is 5.85. The van der Waals surface area contributed by atoms with E-state index in [1.165, 1.54) is 0 Å². The van der Waals surface area contributed by atoms with Crippen LogP contribution in [0.3, 0.4) is 0 Å². The highest BCUT2D eigenvalue weighted by atomic mass is 32.2. The van der Waals surface area contributed by atoms with E-state index in [0.717, 1.165) is 18.5 Å². The van der Waals surface area contributed by atoms with Gasteiger partial charge in [0.2, 0.25) is 10.0 Å². The number of hydrogen-bond donors (Lipinski definition) is 3. The summed E-state index contributed by atoms with van der Waals surface area (Å²) in [5.74, 6) is -2.41. The molecular formula is C7H11F3N2O4S. The van der Waals surface area contributed by atoms with E-state index in [2.05, 4.69) is 5.32 Å². The van der Waals surface area contributed by atoms with Crippen molar-refractivity contribution < 1.29 is 31.5 Å². The Morgan fingerprint density at radius 1 is 1.41 bits per heavy atom. The number of nitrogens with one attached hydrogen (secondary N) is 1. The van der Waals surface area contributed by atoms with Gasteiger partial charge in [-0.15, -0.1) is 0 Å². The van der Waals surface area contributed by atoms with Gasteiger partial charge in [0.25, 0.3) is 0 Å². The van der Waals surface area contributed by atoms with Crippen LogP contribution < -0.4 is 10.5 Å². The second-order valence-electron chi connectivity index (χ2n) is 3.14. The third-order valence-corrected chi connectivity index (χ3v) is 2.13. The summed E-state index contributed by atoms with van der Waals surface area (Å²) in [5, 5.41) is 15.9. The Balaban J connectivity index is 0.000000325. The summed E-state index contributed by atoms with van der Waals surface area (Å²) in [6, 6.07) is 0. The molecule has 0 atom stereocenters. The molecule has 100 valence electrons. The largest absolute Gasteiger partial charge is 0.490 e. The molecule has 0 aromatic carbocycles. The van der Waals surface area contributed by atoms with Gasteiger partial charge in [-0.2, -0.15) is 13.2 Å². The van der Waals surface area contributed by atoms with Gasteiger partial charge in [0.1, 0.15) is 0 Å². The van der Waals surface area contributed by atoms with Crippen molar-refractivity contribution in [3.8, 4) is 0 Å². The highest BCUT2D eigenvalue weighted by molar-refractivity contribution is 7.92. The second kappa shape index (κ2) is 5.98. The third kappa shape index (κ3) is 8.65. The number of carboxylic acid groups (broad SMARTS) is 1. The van der Waals surface area contributed by atoms with Gasteiger partial charge in [-0.1, -0.05) is 6.08 Å². The number of rotatable bonds is 2. The lowest BCUT2D eigenvalue weighted by molar-refractivity contribution is -0.192. The fraction of sp³-hybridized carbons (Fsp3) is 0.571. The summed E-state index contributed by atoms with van der Waals surface area (Å²) in [4.78, 5) is 8.90. The molecule has 1 aliphatic rings. The van der Waals surface area contributed by atoms with Crippen LogP contribution >= 0.6 is 0 Å². The molecule has 0 aromatic heterocycles. The molecule has 0 radical (unpaired) electrons. The molecule has 1 fully saturated rings. The molecule has 1 saturated heterocycles. The van der Waals surface area contributed by atoms with Crippen molar-refractivity contribution in [3.05, 3.63) is 11.5 Å². The zero-order valence-corrected chi connectivity index (χ0v) is 9.25. The lowest BCUT2D eigenvalue weighted by atomic mass is 10.1. The van der Waals surface area contributed by atoms with Gasteiger partial charge >= 0.3 is 12.1 Å². The lowest BCUT2D eigenvalue weighted by Gasteiger charge is -2.23. The van der Waals surface area contributed by atoms with Crippen LogP contribution in [0.4, 0.5) is 13.2 Å². The molecule has 0 aromatic rings.